The van der Waals surface area contributed by atoms with Gasteiger partial charge in [-0.3, -0.25) is 4.79 Å². The molecule has 3 rings (SSSR count). The van der Waals surface area contributed by atoms with Gasteiger partial charge in [0.25, 0.3) is 0 Å². The number of rotatable bonds is 2. The van der Waals surface area contributed by atoms with Crippen LogP contribution in [0.1, 0.15) is 24.5 Å². The average molecular weight is 278 g/mol. The van der Waals surface area contributed by atoms with Crippen molar-refractivity contribution in [1.29, 1.82) is 0 Å². The van der Waals surface area contributed by atoms with Gasteiger partial charge in [-0.15, -0.1) is 0 Å². The van der Waals surface area contributed by atoms with Crippen LogP contribution in [0.25, 0.3) is 11.6 Å². The van der Waals surface area contributed by atoms with Crippen LogP contribution in [0.2, 0.25) is 0 Å². The molecule has 0 aliphatic carbocycles. The Morgan fingerprint density at radius 1 is 1.10 bits per heavy atom. The van der Waals surface area contributed by atoms with Crippen molar-refractivity contribution >= 4 is 28.9 Å². The van der Waals surface area contributed by atoms with Gasteiger partial charge in [0.05, 0.1) is 11.4 Å². The quantitative estimate of drug-likeness (QED) is 0.815. The predicted octanol–water partition coefficient (Wildman–Crippen LogP) is 4.00. The molecule has 0 aromatic heterocycles. The minimum atomic E-state index is 0.0584. The third-order valence-electron chi connectivity index (χ3n) is 3.60. The molecule has 106 valence electrons. The Hall–Kier alpha value is -2.55. The van der Waals surface area contributed by atoms with Gasteiger partial charge in [0, 0.05) is 18.5 Å². The third kappa shape index (κ3) is 2.97. The summed E-state index contributed by atoms with van der Waals surface area (Å²) < 4.78 is 0. The van der Waals surface area contributed by atoms with Gasteiger partial charge in [-0.2, -0.15) is 0 Å². The molecule has 1 amide bonds. The second-order valence-corrected chi connectivity index (χ2v) is 5.19. The Morgan fingerprint density at radius 3 is 2.71 bits per heavy atom. The molecule has 0 fully saturated rings. The van der Waals surface area contributed by atoms with Crippen LogP contribution < -0.4 is 10.6 Å². The summed E-state index contributed by atoms with van der Waals surface area (Å²) in [6, 6.07) is 16.2. The van der Waals surface area contributed by atoms with Gasteiger partial charge < -0.3 is 10.6 Å². The van der Waals surface area contributed by atoms with Crippen LogP contribution in [0.3, 0.4) is 0 Å². The first-order valence-electron chi connectivity index (χ1n) is 7.14. The molecule has 3 heteroatoms. The fourth-order valence-electron chi connectivity index (χ4n) is 2.57. The smallest absolute Gasteiger partial charge is 0.226 e. The van der Waals surface area contributed by atoms with E-state index in [0.717, 1.165) is 16.9 Å². The molecule has 1 aliphatic heterocycles. The van der Waals surface area contributed by atoms with E-state index >= 15 is 0 Å². The molecule has 0 unspecified atom stereocenters. The third-order valence-corrected chi connectivity index (χ3v) is 3.60. The molecule has 0 radical (unpaired) electrons. The van der Waals surface area contributed by atoms with E-state index in [1.807, 2.05) is 30.3 Å². The van der Waals surface area contributed by atoms with Crippen LogP contribution in [-0.2, 0) is 4.79 Å². The van der Waals surface area contributed by atoms with Gasteiger partial charge in [0.1, 0.15) is 0 Å². The molecule has 0 bridgehead atoms. The van der Waals surface area contributed by atoms with Crippen LogP contribution in [0.15, 0.2) is 48.5 Å². The first kappa shape index (κ1) is 13.4. The highest BCUT2D eigenvalue weighted by Gasteiger charge is 2.15. The van der Waals surface area contributed by atoms with Crippen molar-refractivity contribution in [2.45, 2.75) is 13.3 Å². The summed E-state index contributed by atoms with van der Waals surface area (Å²) in [7, 11) is 0. The van der Waals surface area contributed by atoms with E-state index in [0.29, 0.717) is 13.0 Å². The van der Waals surface area contributed by atoms with E-state index in [1.54, 1.807) is 0 Å². The maximum absolute atomic E-state index is 11.7. The van der Waals surface area contributed by atoms with E-state index in [1.165, 1.54) is 11.1 Å². The summed E-state index contributed by atoms with van der Waals surface area (Å²) in [6.45, 7) is 2.76. The molecule has 1 heterocycles. The Kier molecular flexibility index (Phi) is 3.73. The lowest BCUT2D eigenvalue weighted by Crippen LogP contribution is -2.10. The zero-order valence-corrected chi connectivity index (χ0v) is 12.0. The Morgan fingerprint density at radius 2 is 1.90 bits per heavy atom. The summed E-state index contributed by atoms with van der Waals surface area (Å²) in [6.07, 6.45) is 2.65. The molecular formula is C18H18N2O. The van der Waals surface area contributed by atoms with Gasteiger partial charge in [-0.05, 0) is 24.1 Å². The number of fused-ring (bicyclic) bond motifs is 1. The predicted molar refractivity (Wildman–Crippen MR) is 88.2 cm³/mol. The topological polar surface area (TPSA) is 41.1 Å². The van der Waals surface area contributed by atoms with Gasteiger partial charge in [-0.25, -0.2) is 0 Å². The average Bonchev–Trinajstić information content (AvgIpc) is 2.68. The van der Waals surface area contributed by atoms with Crippen LogP contribution in [0, 0.1) is 0 Å². The molecule has 0 atom stereocenters. The Bertz CT molecular complexity index is 690. The summed E-state index contributed by atoms with van der Waals surface area (Å²) >= 11 is 0. The molecule has 2 N–H and O–H groups in total. The summed E-state index contributed by atoms with van der Waals surface area (Å²) in [4.78, 5) is 11.7. The summed E-state index contributed by atoms with van der Waals surface area (Å²) in [5, 5.41) is 6.32. The second-order valence-electron chi connectivity index (χ2n) is 5.19. The lowest BCUT2D eigenvalue weighted by Gasteiger charge is -2.14. The molecule has 2 aromatic carbocycles. The molecule has 1 aliphatic rings. The van der Waals surface area contributed by atoms with Crippen LogP contribution in [0.5, 0.6) is 0 Å². The van der Waals surface area contributed by atoms with Crippen LogP contribution >= 0.6 is 0 Å². The number of anilines is 2. The van der Waals surface area contributed by atoms with Crippen molar-refractivity contribution in [3.05, 3.63) is 59.7 Å². The van der Waals surface area contributed by atoms with Crippen molar-refractivity contribution < 1.29 is 4.79 Å². The van der Waals surface area contributed by atoms with E-state index in [2.05, 4.69) is 41.8 Å². The number of carbonyl (C=O) groups excluding carboxylic acids is 1. The minimum Gasteiger partial charge on any atom is -0.382 e. The number of benzene rings is 2. The molecule has 2 aromatic rings. The maximum atomic E-state index is 11.7. The summed E-state index contributed by atoms with van der Waals surface area (Å²) in [5.41, 5.74) is 5.33. The van der Waals surface area contributed by atoms with Crippen molar-refractivity contribution in [2.75, 3.05) is 17.2 Å². The van der Waals surface area contributed by atoms with Crippen molar-refractivity contribution in [1.82, 2.24) is 0 Å². The van der Waals surface area contributed by atoms with Gasteiger partial charge in [0.2, 0.25) is 5.91 Å². The number of amides is 1. The van der Waals surface area contributed by atoms with Gasteiger partial charge in [0.15, 0.2) is 0 Å². The number of hydrogen-bond acceptors (Lipinski definition) is 2. The largest absolute Gasteiger partial charge is 0.382 e. The van der Waals surface area contributed by atoms with Crippen LogP contribution in [-0.4, -0.2) is 12.5 Å². The molecular weight excluding hydrogens is 260 g/mol. The lowest BCUT2D eigenvalue weighted by molar-refractivity contribution is -0.115. The summed E-state index contributed by atoms with van der Waals surface area (Å²) in [5.74, 6) is 0.0584. The zero-order valence-electron chi connectivity index (χ0n) is 12.0. The van der Waals surface area contributed by atoms with E-state index in [9.17, 15) is 4.79 Å². The second kappa shape index (κ2) is 5.83. The number of hydrogen-bond donors (Lipinski definition) is 2. The molecule has 3 nitrogen and oxygen atoms in total. The first-order valence-corrected chi connectivity index (χ1v) is 7.14. The van der Waals surface area contributed by atoms with E-state index in [4.69, 9.17) is 0 Å². The first-order chi connectivity index (χ1) is 10.2. The maximum Gasteiger partial charge on any atom is 0.226 e. The highest BCUT2D eigenvalue weighted by Crippen LogP contribution is 2.33. The van der Waals surface area contributed by atoms with Crippen molar-refractivity contribution in [3.8, 4) is 0 Å². The molecule has 0 saturated carbocycles. The number of para-hydroxylation sites is 1. The SMILES string of the molecule is C/C(=C\c1ccccc1)c1cccc2c1NCCC(=O)N2. The fraction of sp³-hybridized carbons (Fsp3) is 0.167. The number of nitrogens with one attached hydrogen (secondary N) is 2. The van der Waals surface area contributed by atoms with Crippen molar-refractivity contribution in [3.63, 3.8) is 0 Å². The number of allylic oxidation sites excluding steroid dienone is 1. The minimum absolute atomic E-state index is 0.0584. The van der Waals surface area contributed by atoms with E-state index < -0.39 is 0 Å². The molecule has 0 spiro atoms. The number of carbonyl (C=O) groups is 1. The van der Waals surface area contributed by atoms with Gasteiger partial charge in [-0.1, -0.05) is 48.5 Å². The Balaban J connectivity index is 2.01. The zero-order chi connectivity index (χ0) is 14.7. The van der Waals surface area contributed by atoms with E-state index in [-0.39, 0.29) is 5.91 Å². The van der Waals surface area contributed by atoms with Gasteiger partial charge >= 0.3 is 0 Å². The highest BCUT2D eigenvalue weighted by molar-refractivity contribution is 5.99. The highest BCUT2D eigenvalue weighted by atomic mass is 16.1. The molecule has 0 saturated heterocycles. The fourth-order valence-corrected chi connectivity index (χ4v) is 2.57. The normalized spacial score (nSPS) is 14.7. The van der Waals surface area contributed by atoms with Crippen LogP contribution in [0.4, 0.5) is 11.4 Å². The Labute approximate surface area is 124 Å². The standard InChI is InChI=1S/C18H18N2O/c1-13(12-14-6-3-2-4-7-14)15-8-5-9-16-18(15)19-11-10-17(21)20-16/h2-9,12,19H,10-11H2,1H3,(H,20,21)/b13-12+. The van der Waals surface area contributed by atoms with Crippen molar-refractivity contribution in [2.24, 2.45) is 0 Å². The monoisotopic (exact) mass is 278 g/mol. The molecule has 21 heavy (non-hydrogen) atoms. The lowest BCUT2D eigenvalue weighted by atomic mass is 10.0.